The smallest absolute Gasteiger partial charge is 0.262 e. The molecule has 26 heavy (non-hydrogen) atoms. The van der Waals surface area contributed by atoms with Gasteiger partial charge in [-0.3, -0.25) is 29.4 Å². The molecule has 1 atom stereocenters. The number of piperidine rings is 1. The fourth-order valence-electron chi connectivity index (χ4n) is 3.60. The van der Waals surface area contributed by atoms with Crippen LogP contribution in [-0.4, -0.2) is 65.9 Å². The number of nitrogens with one attached hydrogen (secondary N) is 1. The van der Waals surface area contributed by atoms with E-state index in [4.69, 9.17) is 0 Å². The van der Waals surface area contributed by atoms with Crippen LogP contribution in [0.4, 0.5) is 10.2 Å². The maximum atomic E-state index is 13.2. The van der Waals surface area contributed by atoms with Crippen molar-refractivity contribution < 1.29 is 23.7 Å². The highest BCUT2D eigenvalue weighted by molar-refractivity contribution is 6.23. The van der Waals surface area contributed by atoms with Crippen molar-refractivity contribution in [2.24, 2.45) is 0 Å². The molecule has 1 unspecified atom stereocenters. The second-order valence-electron chi connectivity index (χ2n) is 6.57. The van der Waals surface area contributed by atoms with Crippen LogP contribution in [-0.2, 0) is 9.59 Å². The summed E-state index contributed by atoms with van der Waals surface area (Å²) in [5.74, 6) is -2.10. The fraction of sp³-hybridized carbons (Fsp3) is 0.412. The predicted molar refractivity (Wildman–Crippen MR) is 88.0 cm³/mol. The van der Waals surface area contributed by atoms with Crippen molar-refractivity contribution in [1.29, 1.82) is 0 Å². The van der Waals surface area contributed by atoms with E-state index >= 15 is 0 Å². The highest BCUT2D eigenvalue weighted by Crippen LogP contribution is 2.30. The quantitative estimate of drug-likeness (QED) is 0.594. The van der Waals surface area contributed by atoms with Crippen molar-refractivity contribution in [2.75, 3.05) is 31.1 Å². The first-order valence-electron chi connectivity index (χ1n) is 8.47. The largest absolute Gasteiger partial charge is 0.369 e. The Bertz CT molecular complexity index is 819. The van der Waals surface area contributed by atoms with E-state index in [2.05, 4.69) is 5.32 Å². The van der Waals surface area contributed by atoms with Crippen LogP contribution < -0.4 is 10.2 Å². The van der Waals surface area contributed by atoms with Crippen LogP contribution in [0.1, 0.15) is 33.6 Å². The second kappa shape index (κ2) is 6.17. The monoisotopic (exact) mass is 360 g/mol. The summed E-state index contributed by atoms with van der Waals surface area (Å²) >= 11 is 0. The molecule has 1 N–H and O–H groups in total. The molecule has 3 aliphatic heterocycles. The van der Waals surface area contributed by atoms with Crippen LogP contribution in [0.5, 0.6) is 0 Å². The summed E-state index contributed by atoms with van der Waals surface area (Å²) < 4.78 is 13.2. The summed E-state index contributed by atoms with van der Waals surface area (Å²) in [4.78, 5) is 51.7. The third kappa shape index (κ3) is 2.64. The lowest BCUT2D eigenvalue weighted by Gasteiger charge is -2.31. The lowest BCUT2D eigenvalue weighted by molar-refractivity contribution is -0.136. The van der Waals surface area contributed by atoms with Crippen molar-refractivity contribution in [1.82, 2.24) is 15.3 Å². The van der Waals surface area contributed by atoms with E-state index in [1.54, 1.807) is 18.2 Å². The maximum Gasteiger partial charge on any atom is 0.262 e. The normalized spacial score (nSPS) is 24.1. The Morgan fingerprint density at radius 2 is 1.65 bits per heavy atom. The van der Waals surface area contributed by atoms with Gasteiger partial charge in [0.25, 0.3) is 11.8 Å². The molecule has 9 heteroatoms. The van der Waals surface area contributed by atoms with Crippen molar-refractivity contribution in [3.63, 3.8) is 0 Å². The lowest BCUT2D eigenvalue weighted by Crippen LogP contribution is -2.54. The van der Waals surface area contributed by atoms with Gasteiger partial charge in [0.1, 0.15) is 6.04 Å². The van der Waals surface area contributed by atoms with Gasteiger partial charge < -0.3 is 4.90 Å². The van der Waals surface area contributed by atoms with Gasteiger partial charge in [-0.25, -0.2) is 0 Å². The van der Waals surface area contributed by atoms with Crippen molar-refractivity contribution in [2.45, 2.75) is 18.9 Å². The number of piperazine rings is 1. The minimum absolute atomic E-state index is 0.0859. The summed E-state index contributed by atoms with van der Waals surface area (Å²) in [6.07, 6.45) is 0.212. The summed E-state index contributed by atoms with van der Waals surface area (Å²) in [6.45, 7) is 1.50. The maximum absolute atomic E-state index is 13.2. The third-order valence-corrected chi connectivity index (χ3v) is 5.01. The van der Waals surface area contributed by atoms with Crippen LogP contribution in [0, 0.1) is 0 Å². The third-order valence-electron chi connectivity index (χ3n) is 5.01. The molecule has 2 saturated heterocycles. The number of hydrogen-bond donors (Lipinski definition) is 1. The molecule has 8 nitrogen and oxygen atoms in total. The highest BCUT2D eigenvalue weighted by Gasteiger charge is 2.44. The van der Waals surface area contributed by atoms with Crippen LogP contribution in [0.25, 0.3) is 0 Å². The first-order chi connectivity index (χ1) is 12.5. The Morgan fingerprint density at radius 1 is 0.962 bits per heavy atom. The molecular formula is C17H17FN4O4. The van der Waals surface area contributed by atoms with E-state index < -0.39 is 29.7 Å². The Hall–Kier alpha value is -2.81. The number of amides is 4. The van der Waals surface area contributed by atoms with E-state index in [0.717, 1.165) is 15.7 Å². The molecule has 0 saturated carbocycles. The van der Waals surface area contributed by atoms with Crippen molar-refractivity contribution in [3.8, 4) is 0 Å². The average Bonchev–Trinajstić information content (AvgIpc) is 2.87. The van der Waals surface area contributed by atoms with E-state index in [9.17, 15) is 23.7 Å². The van der Waals surface area contributed by atoms with Crippen LogP contribution in [0.3, 0.4) is 0 Å². The Kier molecular flexibility index (Phi) is 3.95. The number of hydrogen-bond acceptors (Lipinski definition) is 6. The van der Waals surface area contributed by atoms with Gasteiger partial charge in [-0.05, 0) is 24.6 Å². The molecule has 4 rings (SSSR count). The number of carbonyl (C=O) groups is 4. The number of benzene rings is 1. The first kappa shape index (κ1) is 16.6. The van der Waals surface area contributed by atoms with E-state index in [1.165, 1.54) is 0 Å². The number of halogens is 1. The van der Waals surface area contributed by atoms with Gasteiger partial charge in [0.05, 0.1) is 11.1 Å². The molecule has 0 bridgehead atoms. The van der Waals surface area contributed by atoms with Gasteiger partial charge >= 0.3 is 0 Å². The number of imide groups is 2. The van der Waals surface area contributed by atoms with Crippen LogP contribution >= 0.6 is 0 Å². The average molecular weight is 360 g/mol. The molecule has 2 fully saturated rings. The standard InChI is InChI=1S/C17H17FN4O4/c18-21-7-5-20(6-8-21)10-1-2-11-12(9-10)17(26)22(16(11)25)13-3-4-14(23)19-15(13)24/h1-2,9,13H,3-8H2,(H,19,23,24). The summed E-state index contributed by atoms with van der Waals surface area (Å²) in [5.41, 5.74) is 1.22. The van der Waals surface area contributed by atoms with Gasteiger partial charge in [0.2, 0.25) is 11.8 Å². The second-order valence-corrected chi connectivity index (χ2v) is 6.57. The lowest BCUT2D eigenvalue weighted by atomic mass is 10.0. The van der Waals surface area contributed by atoms with Crippen molar-refractivity contribution >= 4 is 29.3 Å². The van der Waals surface area contributed by atoms with Gasteiger partial charge in [0.15, 0.2) is 0 Å². The van der Waals surface area contributed by atoms with Crippen LogP contribution in [0.2, 0.25) is 0 Å². The van der Waals surface area contributed by atoms with Crippen molar-refractivity contribution in [3.05, 3.63) is 29.3 Å². The summed E-state index contributed by atoms with van der Waals surface area (Å²) in [5, 5.41) is 2.91. The van der Waals surface area contributed by atoms with E-state index in [1.807, 2.05) is 4.90 Å². The Morgan fingerprint density at radius 3 is 2.35 bits per heavy atom. The number of rotatable bonds is 2. The SMILES string of the molecule is O=C1CCC(N2C(=O)c3ccc(N4CCN(F)CC4)cc3C2=O)C(=O)N1. The molecule has 3 aliphatic rings. The molecule has 136 valence electrons. The Balaban J connectivity index is 1.60. The molecule has 0 spiro atoms. The van der Waals surface area contributed by atoms with E-state index in [-0.39, 0.29) is 37.1 Å². The van der Waals surface area contributed by atoms with Gasteiger partial charge in [-0.15, -0.1) is 9.60 Å². The molecule has 0 radical (unpaired) electrons. The molecule has 1 aromatic rings. The number of anilines is 1. The topological polar surface area (TPSA) is 90.0 Å². The molecule has 0 aliphatic carbocycles. The molecule has 3 heterocycles. The van der Waals surface area contributed by atoms with Gasteiger partial charge in [-0.1, -0.05) is 0 Å². The van der Waals surface area contributed by atoms with Gasteiger partial charge in [0, 0.05) is 38.3 Å². The summed E-state index contributed by atoms with van der Waals surface area (Å²) in [7, 11) is 0. The molecule has 4 amide bonds. The Labute approximate surface area is 148 Å². The first-order valence-corrected chi connectivity index (χ1v) is 8.47. The van der Waals surface area contributed by atoms with Crippen LogP contribution in [0.15, 0.2) is 18.2 Å². The number of nitrogens with zero attached hydrogens (tertiary/aromatic N) is 3. The summed E-state index contributed by atoms with van der Waals surface area (Å²) in [6, 6.07) is 3.94. The minimum atomic E-state index is -0.973. The molecule has 0 aromatic heterocycles. The van der Waals surface area contributed by atoms with E-state index in [0.29, 0.717) is 13.1 Å². The van der Waals surface area contributed by atoms with Gasteiger partial charge in [-0.2, -0.15) is 0 Å². The fourth-order valence-corrected chi connectivity index (χ4v) is 3.60. The molecular weight excluding hydrogens is 343 g/mol. The molecule has 1 aromatic carbocycles. The zero-order chi connectivity index (χ0) is 18.4. The number of carbonyl (C=O) groups excluding carboxylic acids is 4. The highest BCUT2D eigenvalue weighted by atomic mass is 19.2. The number of fused-ring (bicyclic) bond motifs is 1. The zero-order valence-corrected chi connectivity index (χ0v) is 13.9. The zero-order valence-electron chi connectivity index (χ0n) is 13.9. The predicted octanol–water partition coefficient (Wildman–Crippen LogP) is 0.0943. The minimum Gasteiger partial charge on any atom is -0.369 e.